The van der Waals surface area contributed by atoms with Gasteiger partial charge in [0.05, 0.1) is 17.6 Å². The molecule has 41 heavy (non-hydrogen) atoms. The molecule has 0 aromatic heterocycles. The average Bonchev–Trinajstić information content (AvgIpc) is 2.90. The van der Waals surface area contributed by atoms with E-state index >= 15 is 0 Å². The maximum Gasteiger partial charge on any atom is 0.149 e. The van der Waals surface area contributed by atoms with Gasteiger partial charge in [-0.3, -0.25) is 4.99 Å². The van der Waals surface area contributed by atoms with Crippen LogP contribution < -0.4 is 5.32 Å². The van der Waals surface area contributed by atoms with E-state index in [1.54, 1.807) is 0 Å². The number of hydrogen-bond donors (Lipinski definition) is 1. The summed E-state index contributed by atoms with van der Waals surface area (Å²) in [6, 6.07) is 19.8. The van der Waals surface area contributed by atoms with Crippen molar-refractivity contribution in [3.8, 4) is 0 Å². The van der Waals surface area contributed by atoms with Gasteiger partial charge in [0.25, 0.3) is 0 Å². The smallest absolute Gasteiger partial charge is 0.149 e. The summed E-state index contributed by atoms with van der Waals surface area (Å²) in [7, 11) is 0. The predicted octanol–water partition coefficient (Wildman–Crippen LogP) is 12.0. The van der Waals surface area contributed by atoms with Crippen LogP contribution in [-0.2, 0) is 0 Å². The fraction of sp³-hybridized carbons (Fsp3) is 0.474. The number of rotatable bonds is 10. The highest BCUT2D eigenvalue weighted by molar-refractivity contribution is 6.36. The molecule has 3 aromatic rings. The lowest BCUT2D eigenvalue weighted by atomic mass is 9.92. The highest BCUT2D eigenvalue weighted by Gasteiger charge is 2.19. The Balaban J connectivity index is 2.34. The van der Waals surface area contributed by atoms with Crippen LogP contribution in [0, 0.1) is 0 Å². The summed E-state index contributed by atoms with van der Waals surface area (Å²) in [4.78, 5) is 10.6. The highest BCUT2D eigenvalue weighted by Crippen LogP contribution is 2.37. The van der Waals surface area contributed by atoms with Gasteiger partial charge in [0.2, 0.25) is 0 Å². The van der Waals surface area contributed by atoms with Crippen molar-refractivity contribution in [1.82, 2.24) is 0 Å². The second-order valence-electron chi connectivity index (χ2n) is 13.2. The van der Waals surface area contributed by atoms with E-state index in [4.69, 9.17) is 9.98 Å². The van der Waals surface area contributed by atoms with Crippen LogP contribution >= 0.6 is 0 Å². The molecule has 0 heterocycles. The van der Waals surface area contributed by atoms with E-state index in [0.29, 0.717) is 35.5 Å². The van der Waals surface area contributed by atoms with Gasteiger partial charge in [0.1, 0.15) is 5.84 Å². The number of amidine groups is 1. The fourth-order valence-corrected chi connectivity index (χ4v) is 5.46. The molecule has 0 radical (unpaired) electrons. The highest BCUT2D eigenvalue weighted by atomic mass is 15.0. The van der Waals surface area contributed by atoms with E-state index in [0.717, 1.165) is 22.9 Å². The van der Waals surface area contributed by atoms with E-state index in [2.05, 4.69) is 143 Å². The van der Waals surface area contributed by atoms with E-state index in [-0.39, 0.29) is 0 Å². The van der Waals surface area contributed by atoms with Gasteiger partial charge in [-0.2, -0.15) is 0 Å². The summed E-state index contributed by atoms with van der Waals surface area (Å²) >= 11 is 0. The van der Waals surface area contributed by atoms with Crippen LogP contribution in [0.25, 0.3) is 0 Å². The molecule has 1 N–H and O–H groups in total. The van der Waals surface area contributed by atoms with Crippen LogP contribution in [0.1, 0.15) is 152 Å². The first-order chi connectivity index (χ1) is 19.3. The molecule has 0 saturated heterocycles. The van der Waals surface area contributed by atoms with E-state index in [1.165, 1.54) is 33.4 Å². The van der Waals surface area contributed by atoms with E-state index < -0.39 is 0 Å². The van der Waals surface area contributed by atoms with Crippen LogP contribution in [0.3, 0.4) is 0 Å². The zero-order valence-corrected chi connectivity index (χ0v) is 27.6. The Labute approximate surface area is 250 Å². The molecule has 0 bridgehead atoms. The first kappa shape index (κ1) is 32.3. The van der Waals surface area contributed by atoms with Gasteiger partial charge in [-0.15, -0.1) is 0 Å². The van der Waals surface area contributed by atoms with E-state index in [9.17, 15) is 0 Å². The van der Waals surface area contributed by atoms with Gasteiger partial charge in [0, 0.05) is 5.69 Å². The maximum atomic E-state index is 5.42. The van der Waals surface area contributed by atoms with Crippen LogP contribution in [0.2, 0.25) is 0 Å². The predicted molar refractivity (Wildman–Crippen MR) is 183 cm³/mol. The molecular weight excluding hydrogens is 498 g/mol. The fourth-order valence-electron chi connectivity index (χ4n) is 5.46. The van der Waals surface area contributed by atoms with Crippen LogP contribution in [-0.4, -0.2) is 12.1 Å². The van der Waals surface area contributed by atoms with Crippen molar-refractivity contribution in [1.29, 1.82) is 0 Å². The molecule has 3 aromatic carbocycles. The van der Waals surface area contributed by atoms with E-state index in [1.807, 2.05) is 6.21 Å². The quantitative estimate of drug-likeness (QED) is 0.197. The topological polar surface area (TPSA) is 36.8 Å². The second-order valence-corrected chi connectivity index (χ2v) is 13.2. The minimum atomic E-state index is 0.356. The zero-order chi connectivity index (χ0) is 30.4. The number of anilines is 1. The van der Waals surface area contributed by atoms with Crippen molar-refractivity contribution in [3.05, 3.63) is 88.0 Å². The van der Waals surface area contributed by atoms with Gasteiger partial charge in [0.15, 0.2) is 0 Å². The molecule has 0 aliphatic heterocycles. The first-order valence-corrected chi connectivity index (χ1v) is 15.6. The Bertz CT molecular complexity index is 1290. The van der Waals surface area contributed by atoms with Gasteiger partial charge in [-0.1, -0.05) is 138 Å². The van der Waals surface area contributed by atoms with Gasteiger partial charge >= 0.3 is 0 Å². The Morgan fingerprint density at radius 2 is 0.805 bits per heavy atom. The summed E-state index contributed by atoms with van der Waals surface area (Å²) in [5.74, 6) is 2.97. The van der Waals surface area contributed by atoms with Crippen LogP contribution in [0.15, 0.2) is 64.6 Å². The number of hydrogen-bond acceptors (Lipinski definition) is 2. The number of aliphatic imine (C=N–C) groups is 2. The van der Waals surface area contributed by atoms with Gasteiger partial charge < -0.3 is 5.32 Å². The lowest BCUT2D eigenvalue weighted by Crippen LogP contribution is -2.17. The van der Waals surface area contributed by atoms with Crippen molar-refractivity contribution >= 4 is 29.1 Å². The SMILES string of the molecule is CC(C)c1cccc(C(C)C)c1N=CC(=Nc1c(C(C)C)cccc1C(C)C)Nc1c(C(C)C)cccc1C(C)C. The molecule has 3 heteroatoms. The molecule has 0 atom stereocenters. The lowest BCUT2D eigenvalue weighted by Gasteiger charge is -2.22. The molecule has 0 aliphatic rings. The summed E-state index contributed by atoms with van der Waals surface area (Å²) in [6.07, 6.45) is 1.97. The van der Waals surface area contributed by atoms with Crippen LogP contribution in [0.4, 0.5) is 17.1 Å². The molecule has 0 saturated carbocycles. The largest absolute Gasteiger partial charge is 0.338 e. The molecule has 3 nitrogen and oxygen atoms in total. The number of para-hydroxylation sites is 3. The van der Waals surface area contributed by atoms with Crippen molar-refractivity contribution in [2.24, 2.45) is 9.98 Å². The van der Waals surface area contributed by atoms with Gasteiger partial charge in [-0.25, -0.2) is 4.99 Å². The molecular formula is C38H53N3. The lowest BCUT2D eigenvalue weighted by molar-refractivity contribution is 0.833. The molecule has 220 valence electrons. The second kappa shape index (κ2) is 14.1. The molecule has 0 fully saturated rings. The van der Waals surface area contributed by atoms with Gasteiger partial charge in [-0.05, 0) is 68.9 Å². The number of nitrogens with zero attached hydrogens (tertiary/aromatic N) is 2. The Morgan fingerprint density at radius 1 is 0.488 bits per heavy atom. The zero-order valence-electron chi connectivity index (χ0n) is 27.6. The Morgan fingerprint density at radius 3 is 1.15 bits per heavy atom. The molecule has 0 unspecified atom stereocenters. The van der Waals surface area contributed by atoms with Crippen molar-refractivity contribution < 1.29 is 0 Å². The third kappa shape index (κ3) is 7.76. The van der Waals surface area contributed by atoms with Crippen molar-refractivity contribution in [2.45, 2.75) is 119 Å². The summed E-state index contributed by atoms with van der Waals surface area (Å²) in [5.41, 5.74) is 10.9. The third-order valence-corrected chi connectivity index (χ3v) is 7.86. The normalized spacial score (nSPS) is 12.8. The molecule has 0 aliphatic carbocycles. The van der Waals surface area contributed by atoms with Crippen molar-refractivity contribution in [2.75, 3.05) is 5.32 Å². The number of benzene rings is 3. The molecule has 0 amide bonds. The number of nitrogens with one attached hydrogen (secondary N) is 1. The monoisotopic (exact) mass is 551 g/mol. The maximum absolute atomic E-state index is 5.42. The first-order valence-electron chi connectivity index (χ1n) is 15.6. The van der Waals surface area contributed by atoms with Crippen LogP contribution in [0.5, 0.6) is 0 Å². The summed E-state index contributed by atoms with van der Waals surface area (Å²) < 4.78 is 0. The Hall–Kier alpha value is -3.20. The minimum Gasteiger partial charge on any atom is -0.338 e. The average molecular weight is 552 g/mol. The molecule has 3 rings (SSSR count). The summed E-state index contributed by atoms with van der Waals surface area (Å²) in [5, 5.41) is 3.83. The van der Waals surface area contributed by atoms with Crippen molar-refractivity contribution in [3.63, 3.8) is 0 Å². The Kier molecular flexibility index (Phi) is 11.1. The third-order valence-electron chi connectivity index (χ3n) is 7.86. The summed E-state index contributed by atoms with van der Waals surface area (Å²) in [6.45, 7) is 27.0. The molecule has 0 spiro atoms. The standard InChI is InChI=1S/C38H53N3/c1-23(2)29-16-13-17-30(24(3)4)36(29)39-22-35(40-37-31(25(5)6)18-14-19-32(37)26(7)8)41-38-33(27(9)10)20-15-21-34(38)28(11)12/h13-28H,1-12H3,(H,40,41). The minimum absolute atomic E-state index is 0.356.